The van der Waals surface area contributed by atoms with Crippen LogP contribution in [0.5, 0.6) is 5.75 Å². The lowest BCUT2D eigenvalue weighted by atomic mass is 10.1. The maximum atomic E-state index is 12.1. The molecule has 0 bridgehead atoms. The highest BCUT2D eigenvalue weighted by molar-refractivity contribution is 7.91. The minimum atomic E-state index is -3.10. The van der Waals surface area contributed by atoms with Crippen LogP contribution in [0.4, 0.5) is 5.69 Å². The minimum Gasteiger partial charge on any atom is -0.491 e. The summed E-state index contributed by atoms with van der Waals surface area (Å²) in [6.07, 6.45) is 0.0782. The van der Waals surface area contributed by atoms with Crippen molar-refractivity contribution in [3.63, 3.8) is 0 Å². The second-order valence-corrected chi connectivity index (χ2v) is 10.4. The van der Waals surface area contributed by atoms with Crippen LogP contribution in [-0.2, 0) is 14.6 Å². The largest absolute Gasteiger partial charge is 0.491 e. The van der Waals surface area contributed by atoms with E-state index in [4.69, 9.17) is 4.74 Å². The quantitative estimate of drug-likeness (QED) is 0.412. The van der Waals surface area contributed by atoms with Gasteiger partial charge in [-0.2, -0.15) is 0 Å². The highest BCUT2D eigenvalue weighted by Gasteiger charge is 2.14. The lowest BCUT2D eigenvalue weighted by Crippen LogP contribution is -2.42. The fourth-order valence-electron chi connectivity index (χ4n) is 2.24. The minimum absolute atomic E-state index is 0.0143. The molecule has 0 aliphatic carbocycles. The maximum Gasteiger partial charge on any atom is 0.242 e. The smallest absolute Gasteiger partial charge is 0.242 e. The number of hydrogen-bond donors (Lipinski definition) is 3. The summed E-state index contributed by atoms with van der Waals surface area (Å²) in [5.74, 6) is 0.924. The van der Waals surface area contributed by atoms with Crippen molar-refractivity contribution in [2.45, 2.75) is 53.2 Å². The maximum absolute atomic E-state index is 12.1. The SMILES string of the molecule is CCS(=O)(=O)CCNC(=NCC(=O)NC(C)(C)C)Nc1ccc(OC(C)C)cc1. The first-order valence-electron chi connectivity index (χ1n) is 9.73. The Hall–Kier alpha value is -2.29. The number of ether oxygens (including phenoxy) is 1. The van der Waals surface area contributed by atoms with Gasteiger partial charge in [0.15, 0.2) is 15.8 Å². The first-order valence-corrected chi connectivity index (χ1v) is 11.6. The number of nitrogens with zero attached hydrogens (tertiary/aromatic N) is 1. The number of nitrogens with one attached hydrogen (secondary N) is 3. The third-order valence-electron chi connectivity index (χ3n) is 3.53. The van der Waals surface area contributed by atoms with E-state index >= 15 is 0 Å². The fourth-order valence-corrected chi connectivity index (χ4v) is 2.95. The summed E-state index contributed by atoms with van der Waals surface area (Å²) in [6.45, 7) is 11.3. The average Bonchev–Trinajstić information content (AvgIpc) is 2.59. The Balaban J connectivity index is 2.83. The predicted octanol–water partition coefficient (Wildman–Crippen LogP) is 2.18. The lowest BCUT2D eigenvalue weighted by molar-refractivity contribution is -0.121. The molecule has 29 heavy (non-hydrogen) atoms. The Morgan fingerprint density at radius 3 is 2.31 bits per heavy atom. The number of amides is 1. The van der Waals surface area contributed by atoms with Crippen molar-refractivity contribution < 1.29 is 17.9 Å². The molecule has 0 atom stereocenters. The molecule has 164 valence electrons. The molecule has 1 aromatic rings. The van der Waals surface area contributed by atoms with Crippen LogP contribution >= 0.6 is 0 Å². The Bertz CT molecular complexity index is 782. The summed E-state index contributed by atoms with van der Waals surface area (Å²) >= 11 is 0. The van der Waals surface area contributed by atoms with Gasteiger partial charge in [-0.15, -0.1) is 0 Å². The Kier molecular flexibility index (Phi) is 9.42. The van der Waals surface area contributed by atoms with Crippen LogP contribution < -0.4 is 20.7 Å². The number of carbonyl (C=O) groups excluding carboxylic acids is 1. The molecule has 0 saturated carbocycles. The average molecular weight is 427 g/mol. The zero-order chi connectivity index (χ0) is 22.1. The normalized spacial score (nSPS) is 12.6. The van der Waals surface area contributed by atoms with Crippen LogP contribution in [0, 0.1) is 0 Å². The van der Waals surface area contributed by atoms with E-state index in [-0.39, 0.29) is 42.1 Å². The summed E-state index contributed by atoms with van der Waals surface area (Å²) in [7, 11) is -3.10. The first-order chi connectivity index (χ1) is 13.4. The molecule has 9 heteroatoms. The monoisotopic (exact) mass is 426 g/mol. The zero-order valence-corrected chi connectivity index (χ0v) is 19.0. The van der Waals surface area contributed by atoms with Gasteiger partial charge in [0.2, 0.25) is 5.91 Å². The predicted molar refractivity (Wildman–Crippen MR) is 118 cm³/mol. The molecule has 0 unspecified atom stereocenters. The second kappa shape index (κ2) is 11.0. The molecule has 0 aromatic heterocycles. The van der Waals surface area contributed by atoms with Crippen molar-refractivity contribution in [3.05, 3.63) is 24.3 Å². The van der Waals surface area contributed by atoms with E-state index in [0.29, 0.717) is 5.96 Å². The highest BCUT2D eigenvalue weighted by atomic mass is 32.2. The number of aliphatic imine (C=N–C) groups is 1. The van der Waals surface area contributed by atoms with Gasteiger partial charge in [-0.25, -0.2) is 13.4 Å². The van der Waals surface area contributed by atoms with Gasteiger partial charge >= 0.3 is 0 Å². The standard InChI is InChI=1S/C20H34N4O4S/c1-7-29(26,27)13-12-21-19(22-14-18(25)24-20(4,5)6)23-16-8-10-17(11-9-16)28-15(2)3/h8-11,15H,7,12-14H2,1-6H3,(H,24,25)(H2,21,22,23). The zero-order valence-electron chi connectivity index (χ0n) is 18.2. The van der Waals surface area contributed by atoms with Crippen LogP contribution in [0.1, 0.15) is 41.5 Å². The fraction of sp³-hybridized carbons (Fsp3) is 0.600. The van der Waals surface area contributed by atoms with Crippen LogP contribution in [0.2, 0.25) is 0 Å². The van der Waals surface area contributed by atoms with E-state index in [1.165, 1.54) is 0 Å². The summed E-state index contributed by atoms with van der Waals surface area (Å²) in [4.78, 5) is 16.3. The van der Waals surface area contributed by atoms with Crippen LogP contribution in [0.15, 0.2) is 29.3 Å². The van der Waals surface area contributed by atoms with Crippen LogP contribution in [-0.4, -0.2) is 56.5 Å². The molecular formula is C20H34N4O4S. The molecule has 0 spiro atoms. The van der Waals surface area contributed by atoms with Crippen molar-refractivity contribution in [3.8, 4) is 5.75 Å². The van der Waals surface area contributed by atoms with Crippen molar-refractivity contribution in [1.29, 1.82) is 0 Å². The molecule has 3 N–H and O–H groups in total. The van der Waals surface area contributed by atoms with Gasteiger partial charge in [-0.3, -0.25) is 4.79 Å². The van der Waals surface area contributed by atoms with E-state index < -0.39 is 9.84 Å². The second-order valence-electron chi connectivity index (χ2n) is 7.94. The van der Waals surface area contributed by atoms with Crippen LogP contribution in [0.25, 0.3) is 0 Å². The lowest BCUT2D eigenvalue weighted by Gasteiger charge is -2.20. The van der Waals surface area contributed by atoms with Gasteiger partial charge in [0.05, 0.1) is 11.9 Å². The number of benzene rings is 1. The van der Waals surface area contributed by atoms with Crippen molar-refractivity contribution >= 4 is 27.4 Å². The highest BCUT2D eigenvalue weighted by Crippen LogP contribution is 2.16. The topological polar surface area (TPSA) is 109 Å². The van der Waals surface area contributed by atoms with Gasteiger partial charge < -0.3 is 20.7 Å². The number of guanidine groups is 1. The number of rotatable bonds is 9. The molecule has 0 heterocycles. The number of sulfone groups is 1. The van der Waals surface area contributed by atoms with E-state index in [9.17, 15) is 13.2 Å². The van der Waals surface area contributed by atoms with E-state index in [2.05, 4.69) is 20.9 Å². The molecule has 0 fully saturated rings. The van der Waals surface area contributed by atoms with Crippen molar-refractivity contribution in [2.24, 2.45) is 4.99 Å². The summed E-state index contributed by atoms with van der Waals surface area (Å²) in [6, 6.07) is 7.31. The number of anilines is 1. The molecule has 8 nitrogen and oxygen atoms in total. The van der Waals surface area contributed by atoms with E-state index in [1.54, 1.807) is 6.92 Å². The Labute approximate surface area is 174 Å². The van der Waals surface area contributed by atoms with E-state index in [0.717, 1.165) is 11.4 Å². The van der Waals surface area contributed by atoms with Gasteiger partial charge in [0.1, 0.15) is 12.3 Å². The first kappa shape index (κ1) is 24.7. The summed E-state index contributed by atoms with van der Waals surface area (Å²) < 4.78 is 29.0. The summed E-state index contributed by atoms with van der Waals surface area (Å²) in [5, 5.41) is 8.90. The third kappa shape index (κ3) is 11.3. The molecule has 0 aliphatic rings. The Morgan fingerprint density at radius 2 is 1.79 bits per heavy atom. The molecule has 0 aliphatic heterocycles. The molecule has 1 aromatic carbocycles. The van der Waals surface area contributed by atoms with E-state index in [1.807, 2.05) is 58.9 Å². The molecule has 0 saturated heterocycles. The Morgan fingerprint density at radius 1 is 1.17 bits per heavy atom. The van der Waals surface area contributed by atoms with Crippen molar-refractivity contribution in [2.75, 3.05) is 29.9 Å². The number of carbonyl (C=O) groups is 1. The van der Waals surface area contributed by atoms with Gasteiger partial charge in [0, 0.05) is 23.5 Å². The molecule has 1 rings (SSSR count). The molecular weight excluding hydrogens is 392 g/mol. The number of hydrogen-bond acceptors (Lipinski definition) is 5. The van der Waals surface area contributed by atoms with Crippen molar-refractivity contribution in [1.82, 2.24) is 10.6 Å². The third-order valence-corrected chi connectivity index (χ3v) is 5.24. The molecule has 1 amide bonds. The van der Waals surface area contributed by atoms with Crippen LogP contribution in [0.3, 0.4) is 0 Å². The van der Waals surface area contributed by atoms with Gasteiger partial charge in [-0.1, -0.05) is 6.92 Å². The van der Waals surface area contributed by atoms with Gasteiger partial charge in [0.25, 0.3) is 0 Å². The molecule has 0 radical (unpaired) electrons. The summed E-state index contributed by atoms with van der Waals surface area (Å²) in [5.41, 5.74) is 0.386. The van der Waals surface area contributed by atoms with Gasteiger partial charge in [-0.05, 0) is 58.9 Å².